The first-order valence-corrected chi connectivity index (χ1v) is 23.4. The minimum Gasteiger partial charge on any atom is -0.462 e. The maximum Gasteiger partial charge on any atom is 0.410 e. The van der Waals surface area contributed by atoms with Gasteiger partial charge in [0.05, 0.1) is 29.4 Å². The first-order chi connectivity index (χ1) is 30.9. The van der Waals surface area contributed by atoms with Crippen molar-refractivity contribution < 1.29 is 47.8 Å². The molecular formula is C48H74N6O11. The van der Waals surface area contributed by atoms with Crippen molar-refractivity contribution in [1.29, 1.82) is 0 Å². The van der Waals surface area contributed by atoms with E-state index in [4.69, 9.17) is 18.9 Å². The molecule has 4 heterocycles. The summed E-state index contributed by atoms with van der Waals surface area (Å²) in [5, 5.41) is 19.4. The molecule has 1 aromatic heterocycles. The number of ketones is 2. The number of benzene rings is 1. The molecule has 3 fully saturated rings. The lowest BCUT2D eigenvalue weighted by molar-refractivity contribution is -0.384. The number of nitro groups is 1. The quantitative estimate of drug-likeness (QED) is 0.0333. The highest BCUT2D eigenvalue weighted by molar-refractivity contribution is 5.99. The summed E-state index contributed by atoms with van der Waals surface area (Å²) in [6.07, 6.45) is 7.65. The molecule has 1 amide bonds. The summed E-state index contributed by atoms with van der Waals surface area (Å²) < 4.78 is 24.8. The Hall–Kier alpha value is -5.03. The molecule has 0 spiro atoms. The van der Waals surface area contributed by atoms with Gasteiger partial charge in [-0.05, 0) is 86.2 Å². The largest absolute Gasteiger partial charge is 0.462 e. The average Bonchev–Trinajstić information content (AvgIpc) is 3.86. The highest BCUT2D eigenvalue weighted by atomic mass is 16.6. The van der Waals surface area contributed by atoms with Crippen LogP contribution in [0.3, 0.4) is 0 Å². The molecule has 17 heteroatoms. The lowest BCUT2D eigenvalue weighted by atomic mass is 9.83. The minimum absolute atomic E-state index is 0.0499. The van der Waals surface area contributed by atoms with Crippen LogP contribution >= 0.6 is 0 Å². The molecular weight excluding hydrogens is 837 g/mol. The van der Waals surface area contributed by atoms with Crippen LogP contribution in [0.5, 0.6) is 0 Å². The van der Waals surface area contributed by atoms with Crippen molar-refractivity contribution in [3.8, 4) is 11.3 Å². The summed E-state index contributed by atoms with van der Waals surface area (Å²) in [5.41, 5.74) is -0.375. The van der Waals surface area contributed by atoms with Crippen molar-refractivity contribution in [1.82, 2.24) is 24.8 Å². The van der Waals surface area contributed by atoms with E-state index in [-0.39, 0.29) is 68.4 Å². The second-order valence-electron chi connectivity index (χ2n) is 17.5. The first kappa shape index (κ1) is 54.3. The Balaban J connectivity index is 0.000000687. The van der Waals surface area contributed by atoms with Crippen molar-refractivity contribution in [2.24, 2.45) is 11.8 Å². The lowest BCUT2D eigenvalue weighted by Gasteiger charge is -2.37. The van der Waals surface area contributed by atoms with Crippen LogP contribution in [-0.2, 0) is 44.7 Å². The van der Waals surface area contributed by atoms with E-state index in [0.29, 0.717) is 49.2 Å². The van der Waals surface area contributed by atoms with Gasteiger partial charge >= 0.3 is 18.0 Å². The Morgan fingerprint density at radius 2 is 1.77 bits per heavy atom. The van der Waals surface area contributed by atoms with Gasteiger partial charge in [0.25, 0.3) is 5.69 Å². The summed E-state index contributed by atoms with van der Waals surface area (Å²) in [5.74, 6) is -3.39. The summed E-state index contributed by atoms with van der Waals surface area (Å²) in [6, 6.07) is 6.01. The zero-order valence-electron chi connectivity index (χ0n) is 40.4. The van der Waals surface area contributed by atoms with Crippen molar-refractivity contribution in [3.63, 3.8) is 0 Å². The maximum atomic E-state index is 13.6. The molecule has 3 aliphatic heterocycles. The molecule has 2 aromatic rings. The first-order valence-electron chi connectivity index (χ1n) is 23.4. The monoisotopic (exact) mass is 911 g/mol. The van der Waals surface area contributed by atoms with Gasteiger partial charge in [0.2, 0.25) is 0 Å². The summed E-state index contributed by atoms with van der Waals surface area (Å²) in [4.78, 5) is 80.7. The third-order valence-corrected chi connectivity index (χ3v) is 12.4. The van der Waals surface area contributed by atoms with Crippen LogP contribution in [0.2, 0.25) is 0 Å². The number of ether oxygens (including phenoxy) is 4. The zero-order valence-corrected chi connectivity index (χ0v) is 40.4. The second-order valence-corrected chi connectivity index (χ2v) is 17.5. The fourth-order valence-electron chi connectivity index (χ4n) is 8.53. The molecule has 0 N–H and O–H groups in total. The van der Waals surface area contributed by atoms with E-state index >= 15 is 0 Å². The fourth-order valence-corrected chi connectivity index (χ4v) is 8.53. The van der Waals surface area contributed by atoms with Gasteiger partial charge in [-0.1, -0.05) is 64.5 Å². The predicted molar refractivity (Wildman–Crippen MR) is 246 cm³/mol. The van der Waals surface area contributed by atoms with E-state index in [2.05, 4.69) is 42.8 Å². The number of carbonyl (C=O) groups is 5. The van der Waals surface area contributed by atoms with Crippen LogP contribution in [-0.4, -0.2) is 122 Å². The van der Waals surface area contributed by atoms with Gasteiger partial charge in [-0.3, -0.25) is 34.0 Å². The Kier molecular flexibility index (Phi) is 21.9. The predicted octanol–water partition coefficient (Wildman–Crippen LogP) is 8.32. The molecule has 0 bridgehead atoms. The van der Waals surface area contributed by atoms with Gasteiger partial charge in [0, 0.05) is 62.0 Å². The molecule has 0 saturated carbocycles. The molecule has 5 rings (SSSR count). The zero-order chi connectivity index (χ0) is 48.4. The number of hydrogen-bond donors (Lipinski definition) is 0. The highest BCUT2D eigenvalue weighted by Gasteiger charge is 2.57. The molecule has 9 atom stereocenters. The van der Waals surface area contributed by atoms with Crippen molar-refractivity contribution in [3.05, 3.63) is 53.2 Å². The summed E-state index contributed by atoms with van der Waals surface area (Å²) >= 11 is 0. The smallest absolute Gasteiger partial charge is 0.410 e. The van der Waals surface area contributed by atoms with Crippen LogP contribution in [0.25, 0.3) is 11.3 Å². The maximum absolute atomic E-state index is 13.6. The van der Waals surface area contributed by atoms with Gasteiger partial charge in [0.15, 0.2) is 5.60 Å². The standard InChI is InChI=1S/C36H49N5O10.C10H19NO.C2H6/c1-6-8-14-32(43)49-28-16-15-27(42)21-30-36(5,31(7-2)50-34(45)24(4)33(44)23(3)19-28)51-35(46)40(30)18-10-9-17-39-22-29(37-38-39)25-12-11-13-26(20-25)41(47)48;1-5-10-7-9(11(3)4)6-8(2)12-10;1-2/h11-13,20,22-24,28,30-31H,6-10,14-19,21H2,1-5H3;5,8-10H,1,6-7H2,2-4H3;1-2H3/t23?,24?,28?,30-,31?,36-;8?,9?,10-;/m00./s1. The summed E-state index contributed by atoms with van der Waals surface area (Å²) in [6.45, 7) is 19.2. The van der Waals surface area contributed by atoms with Gasteiger partial charge in [-0.15, -0.1) is 11.7 Å². The SMILES string of the molecule is C=C[C@H]1CC(N(C)C)CC(C)O1.CC.CCCCC(=O)OC1CCC(=O)C[C@@H]2N(CCCCn3cc(-c4cccc([N+](=O)[O-])c4)nn3)C(=O)O[C@]2(C)C(CC)OC(=O)C(C)C(=O)C(C)C1. The third-order valence-electron chi connectivity index (χ3n) is 12.4. The van der Waals surface area contributed by atoms with Crippen molar-refractivity contribution in [2.75, 3.05) is 20.6 Å². The molecule has 1 aromatic carbocycles. The Morgan fingerprint density at radius 3 is 2.42 bits per heavy atom. The van der Waals surface area contributed by atoms with E-state index in [1.54, 1.807) is 43.8 Å². The summed E-state index contributed by atoms with van der Waals surface area (Å²) in [7, 11) is 4.26. The molecule has 0 radical (unpaired) electrons. The molecule has 6 unspecified atom stereocenters. The number of aryl methyl sites for hydroxylation is 1. The fraction of sp³-hybridized carbons (Fsp3) is 0.688. The number of unbranched alkanes of at least 4 members (excludes halogenated alkanes) is 2. The van der Waals surface area contributed by atoms with Gasteiger partial charge in [0.1, 0.15) is 35.4 Å². The van der Waals surface area contributed by atoms with Crippen molar-refractivity contribution in [2.45, 2.75) is 181 Å². The number of nitrogens with zero attached hydrogens (tertiary/aromatic N) is 6. The number of carbonyl (C=O) groups excluding carboxylic acids is 5. The molecule has 0 aliphatic carbocycles. The minimum atomic E-state index is -1.37. The number of rotatable bonds is 14. The number of hydrogen-bond acceptors (Lipinski definition) is 14. The number of cyclic esters (lactones) is 1. The number of non-ortho nitro benzene ring substituents is 1. The number of aromatic nitrogens is 3. The average molecular weight is 911 g/mol. The van der Waals surface area contributed by atoms with Crippen molar-refractivity contribution >= 4 is 35.3 Å². The lowest BCUT2D eigenvalue weighted by Crippen LogP contribution is -2.54. The Labute approximate surface area is 385 Å². The second kappa shape index (κ2) is 26.2. The molecule has 65 heavy (non-hydrogen) atoms. The van der Waals surface area contributed by atoms with Crippen LogP contribution in [0.4, 0.5) is 10.5 Å². The third kappa shape index (κ3) is 15.5. The molecule has 17 nitrogen and oxygen atoms in total. The van der Waals surface area contributed by atoms with Gasteiger partial charge in [-0.25, -0.2) is 4.79 Å². The van der Waals surface area contributed by atoms with Crippen LogP contribution in [0.1, 0.15) is 132 Å². The van der Waals surface area contributed by atoms with E-state index < -0.39 is 58.6 Å². The van der Waals surface area contributed by atoms with Gasteiger partial charge in [-0.2, -0.15) is 0 Å². The number of Topliss-reactive ketones (excluding diaryl/α,β-unsaturated/α-hetero) is 2. The highest BCUT2D eigenvalue weighted by Crippen LogP contribution is 2.39. The Bertz CT molecular complexity index is 1900. The van der Waals surface area contributed by atoms with E-state index in [0.717, 1.165) is 19.3 Å². The normalized spacial score (nSPS) is 27.5. The molecule has 3 saturated heterocycles. The van der Waals surface area contributed by atoms with Crippen LogP contribution in [0, 0.1) is 22.0 Å². The van der Waals surface area contributed by atoms with E-state index in [1.807, 2.05) is 26.8 Å². The topological polar surface area (TPSA) is 203 Å². The Morgan fingerprint density at radius 1 is 1.06 bits per heavy atom. The number of esters is 2. The molecule has 362 valence electrons. The van der Waals surface area contributed by atoms with E-state index in [1.165, 1.54) is 24.0 Å². The van der Waals surface area contributed by atoms with Crippen LogP contribution < -0.4 is 0 Å². The van der Waals surface area contributed by atoms with Crippen LogP contribution in [0.15, 0.2) is 43.1 Å². The number of fused-ring (bicyclic) bond motifs is 1. The number of nitro benzene ring substituents is 1. The molecule has 3 aliphatic rings. The number of amides is 1. The van der Waals surface area contributed by atoms with E-state index in [9.17, 15) is 34.1 Å². The van der Waals surface area contributed by atoms with Gasteiger partial charge < -0.3 is 28.7 Å².